The second-order valence-corrected chi connectivity index (χ2v) is 3.76. The van der Waals surface area contributed by atoms with Gasteiger partial charge in [-0.05, 0) is 38.9 Å². The molecule has 0 aromatic carbocycles. The van der Waals surface area contributed by atoms with Crippen molar-refractivity contribution in [3.63, 3.8) is 0 Å². The first-order valence-corrected chi connectivity index (χ1v) is 4.96. The van der Waals surface area contributed by atoms with Crippen molar-refractivity contribution in [2.24, 2.45) is 5.92 Å². The van der Waals surface area contributed by atoms with Gasteiger partial charge in [-0.2, -0.15) is 0 Å². The molecule has 0 spiro atoms. The van der Waals surface area contributed by atoms with Crippen LogP contribution in [0.2, 0.25) is 0 Å². The molecule has 3 nitrogen and oxygen atoms in total. The molecule has 0 aromatic heterocycles. The molecule has 3 heteroatoms. The zero-order chi connectivity index (χ0) is 9.90. The fourth-order valence-corrected chi connectivity index (χ4v) is 1.92. The summed E-state index contributed by atoms with van der Waals surface area (Å²) in [6, 6.07) is 0. The van der Waals surface area contributed by atoms with Gasteiger partial charge in [0.15, 0.2) is 0 Å². The fraction of sp³-hybridized carbons (Fsp3) is 0.800. The van der Waals surface area contributed by atoms with E-state index in [-0.39, 0.29) is 5.66 Å². The lowest BCUT2D eigenvalue weighted by molar-refractivity contribution is 0.296. The van der Waals surface area contributed by atoms with Crippen molar-refractivity contribution in [1.82, 2.24) is 16.0 Å². The largest absolute Gasteiger partial charge is 0.391 e. The van der Waals surface area contributed by atoms with E-state index in [4.69, 9.17) is 0 Å². The second-order valence-electron chi connectivity index (χ2n) is 3.76. The van der Waals surface area contributed by atoms with Crippen LogP contribution < -0.4 is 16.0 Å². The first kappa shape index (κ1) is 10.5. The highest BCUT2D eigenvalue weighted by Crippen LogP contribution is 2.27. The molecular formula is C10H21N3. The van der Waals surface area contributed by atoms with E-state index in [2.05, 4.69) is 29.0 Å². The average molecular weight is 183 g/mol. The van der Waals surface area contributed by atoms with Crippen molar-refractivity contribution in [1.29, 1.82) is 0 Å². The molecule has 0 saturated heterocycles. The second kappa shape index (κ2) is 4.11. The van der Waals surface area contributed by atoms with Gasteiger partial charge in [0, 0.05) is 12.7 Å². The zero-order valence-electron chi connectivity index (χ0n) is 9.07. The van der Waals surface area contributed by atoms with Crippen LogP contribution in [0.25, 0.3) is 0 Å². The Balaban J connectivity index is 2.85. The molecule has 0 radical (unpaired) electrons. The third-order valence-corrected chi connectivity index (χ3v) is 3.09. The summed E-state index contributed by atoms with van der Waals surface area (Å²) >= 11 is 0. The Kier molecular flexibility index (Phi) is 3.33. The number of rotatable bonds is 3. The molecule has 1 rings (SSSR count). The summed E-state index contributed by atoms with van der Waals surface area (Å²) in [6.45, 7) is 2.26. The molecular weight excluding hydrogens is 162 g/mol. The van der Waals surface area contributed by atoms with Crippen LogP contribution in [-0.4, -0.2) is 26.8 Å². The van der Waals surface area contributed by atoms with Crippen molar-refractivity contribution < 1.29 is 0 Å². The molecule has 0 saturated carbocycles. The molecule has 13 heavy (non-hydrogen) atoms. The van der Waals surface area contributed by atoms with Gasteiger partial charge in [0.1, 0.15) is 0 Å². The van der Waals surface area contributed by atoms with Gasteiger partial charge >= 0.3 is 0 Å². The Morgan fingerprint density at radius 2 is 1.92 bits per heavy atom. The fourth-order valence-electron chi connectivity index (χ4n) is 1.92. The van der Waals surface area contributed by atoms with Gasteiger partial charge in [-0.25, -0.2) is 0 Å². The molecule has 76 valence electrons. The van der Waals surface area contributed by atoms with E-state index in [0.717, 1.165) is 6.42 Å². The van der Waals surface area contributed by atoms with Gasteiger partial charge in [-0.1, -0.05) is 6.92 Å². The van der Waals surface area contributed by atoms with Gasteiger partial charge < -0.3 is 5.32 Å². The van der Waals surface area contributed by atoms with Crippen LogP contribution >= 0.6 is 0 Å². The molecule has 0 aromatic rings. The maximum Gasteiger partial charge on any atom is 0.0894 e. The molecule has 1 aliphatic carbocycles. The number of hydrogen-bond donors (Lipinski definition) is 3. The van der Waals surface area contributed by atoms with E-state index < -0.39 is 0 Å². The smallest absolute Gasteiger partial charge is 0.0894 e. The Bertz CT molecular complexity index is 194. The third kappa shape index (κ3) is 2.03. The number of hydrogen-bond acceptors (Lipinski definition) is 3. The van der Waals surface area contributed by atoms with Crippen molar-refractivity contribution in [3.05, 3.63) is 11.8 Å². The van der Waals surface area contributed by atoms with Crippen LogP contribution in [0.4, 0.5) is 0 Å². The van der Waals surface area contributed by atoms with Crippen molar-refractivity contribution in [3.8, 4) is 0 Å². The molecule has 0 bridgehead atoms. The van der Waals surface area contributed by atoms with Gasteiger partial charge in [0.05, 0.1) is 5.66 Å². The molecule has 3 N–H and O–H groups in total. The van der Waals surface area contributed by atoms with Gasteiger partial charge in [-0.15, -0.1) is 0 Å². The summed E-state index contributed by atoms with van der Waals surface area (Å²) in [5.74, 6) is 0.653. The van der Waals surface area contributed by atoms with Crippen LogP contribution in [-0.2, 0) is 0 Å². The normalized spacial score (nSPS) is 26.8. The highest BCUT2D eigenvalue weighted by atomic mass is 15.2. The van der Waals surface area contributed by atoms with Crippen molar-refractivity contribution in [2.75, 3.05) is 21.1 Å². The standard InChI is InChI=1S/C10H21N3/c1-8-5-6-10(12-3,13-4)7-9(8)11-2/h7-8,11-13H,5-6H2,1-4H3. The number of likely N-dealkylation sites (N-methyl/N-ethyl adjacent to an activating group) is 2. The topological polar surface area (TPSA) is 36.1 Å². The van der Waals surface area contributed by atoms with Gasteiger partial charge in [-0.3, -0.25) is 10.6 Å². The van der Waals surface area contributed by atoms with E-state index in [1.54, 1.807) is 0 Å². The van der Waals surface area contributed by atoms with Gasteiger partial charge in [0.25, 0.3) is 0 Å². The molecule has 0 amide bonds. The number of allylic oxidation sites excluding steroid dienone is 1. The lowest BCUT2D eigenvalue weighted by Crippen LogP contribution is -2.54. The predicted molar refractivity (Wildman–Crippen MR) is 56.4 cm³/mol. The van der Waals surface area contributed by atoms with E-state index in [0.29, 0.717) is 5.92 Å². The lowest BCUT2D eigenvalue weighted by atomic mass is 9.87. The lowest BCUT2D eigenvalue weighted by Gasteiger charge is -2.37. The van der Waals surface area contributed by atoms with Crippen LogP contribution in [0.1, 0.15) is 19.8 Å². The highest BCUT2D eigenvalue weighted by molar-refractivity contribution is 5.17. The summed E-state index contributed by atoms with van der Waals surface area (Å²) < 4.78 is 0. The minimum Gasteiger partial charge on any atom is -0.391 e. The Hall–Kier alpha value is -0.540. The molecule has 0 fully saturated rings. The first-order chi connectivity index (χ1) is 6.17. The highest BCUT2D eigenvalue weighted by Gasteiger charge is 2.29. The summed E-state index contributed by atoms with van der Waals surface area (Å²) in [7, 11) is 5.98. The predicted octanol–water partition coefficient (Wildman–Crippen LogP) is 0.655. The van der Waals surface area contributed by atoms with E-state index in [9.17, 15) is 0 Å². The van der Waals surface area contributed by atoms with E-state index in [1.165, 1.54) is 12.1 Å². The monoisotopic (exact) mass is 183 g/mol. The summed E-state index contributed by atoms with van der Waals surface area (Å²) in [5.41, 5.74) is 1.32. The molecule has 1 unspecified atom stereocenters. The van der Waals surface area contributed by atoms with Crippen LogP contribution in [0.15, 0.2) is 11.8 Å². The molecule has 1 atom stereocenters. The maximum atomic E-state index is 3.32. The quantitative estimate of drug-likeness (QED) is 0.562. The summed E-state index contributed by atoms with van der Waals surface area (Å²) in [5, 5.41) is 9.91. The van der Waals surface area contributed by atoms with Crippen molar-refractivity contribution >= 4 is 0 Å². The van der Waals surface area contributed by atoms with E-state index in [1.807, 2.05) is 21.1 Å². The Labute approximate surface area is 81.0 Å². The first-order valence-electron chi connectivity index (χ1n) is 4.96. The average Bonchev–Trinajstić information content (AvgIpc) is 2.19. The summed E-state index contributed by atoms with van der Waals surface area (Å²) in [4.78, 5) is 0. The molecule has 0 aliphatic heterocycles. The zero-order valence-corrected chi connectivity index (χ0v) is 9.07. The van der Waals surface area contributed by atoms with Crippen LogP contribution in [0, 0.1) is 5.92 Å². The molecule has 1 aliphatic rings. The van der Waals surface area contributed by atoms with Gasteiger partial charge in [0.2, 0.25) is 0 Å². The summed E-state index contributed by atoms with van der Waals surface area (Å²) in [6.07, 6.45) is 4.63. The van der Waals surface area contributed by atoms with E-state index >= 15 is 0 Å². The Morgan fingerprint density at radius 1 is 1.31 bits per heavy atom. The van der Waals surface area contributed by atoms with Crippen LogP contribution in [0.3, 0.4) is 0 Å². The molecule has 0 heterocycles. The SMILES string of the molecule is CNC1=CC(NC)(NC)CCC1C. The van der Waals surface area contributed by atoms with Crippen molar-refractivity contribution in [2.45, 2.75) is 25.4 Å². The minimum absolute atomic E-state index is 0.00907. The third-order valence-electron chi connectivity index (χ3n) is 3.09. The number of nitrogens with one attached hydrogen (secondary N) is 3. The van der Waals surface area contributed by atoms with Crippen LogP contribution in [0.5, 0.6) is 0 Å². The maximum absolute atomic E-state index is 3.32. The Morgan fingerprint density at radius 3 is 2.38 bits per heavy atom. The minimum atomic E-state index is -0.00907.